The summed E-state index contributed by atoms with van der Waals surface area (Å²) in [5.41, 5.74) is 2.38. The molecule has 36 heavy (non-hydrogen) atoms. The van der Waals surface area contributed by atoms with Crippen LogP contribution in [0.1, 0.15) is 74.1 Å². The molecule has 4 amide bonds. The number of benzene rings is 2. The van der Waals surface area contributed by atoms with E-state index < -0.39 is 0 Å². The maximum atomic E-state index is 12.7. The van der Waals surface area contributed by atoms with E-state index in [4.69, 9.17) is 0 Å². The van der Waals surface area contributed by atoms with Gasteiger partial charge in [-0.3, -0.25) is 19.2 Å². The van der Waals surface area contributed by atoms with Crippen molar-refractivity contribution in [3.63, 3.8) is 0 Å². The molecule has 1 aliphatic rings. The molecule has 0 saturated heterocycles. The first-order valence-corrected chi connectivity index (χ1v) is 12.6. The van der Waals surface area contributed by atoms with Gasteiger partial charge in [0.15, 0.2) is 0 Å². The third-order valence-corrected chi connectivity index (χ3v) is 6.14. The van der Waals surface area contributed by atoms with E-state index in [0.717, 1.165) is 0 Å². The van der Waals surface area contributed by atoms with Crippen LogP contribution in [0.2, 0.25) is 0 Å². The summed E-state index contributed by atoms with van der Waals surface area (Å²) < 4.78 is 0. The zero-order valence-corrected chi connectivity index (χ0v) is 21.4. The van der Waals surface area contributed by atoms with Crippen LogP contribution < -0.4 is 21.3 Å². The lowest BCUT2D eigenvalue weighted by molar-refractivity contribution is -0.125. The third kappa shape index (κ3) is 7.66. The van der Waals surface area contributed by atoms with Crippen LogP contribution in [0.5, 0.6) is 0 Å². The van der Waals surface area contributed by atoms with Crippen molar-refractivity contribution in [3.8, 4) is 0 Å². The Hall–Kier alpha value is -3.68. The number of carbonyl (C=O) groups is 4. The summed E-state index contributed by atoms with van der Waals surface area (Å²) in [6.45, 7) is 7.60. The van der Waals surface area contributed by atoms with E-state index in [1.54, 1.807) is 48.5 Å². The van der Waals surface area contributed by atoms with E-state index in [9.17, 15) is 19.2 Å². The Labute approximate surface area is 212 Å². The molecule has 8 heteroatoms. The Morgan fingerprint density at radius 2 is 0.889 bits per heavy atom. The van der Waals surface area contributed by atoms with Gasteiger partial charge >= 0.3 is 0 Å². The largest absolute Gasteiger partial charge is 0.350 e. The molecule has 2 aromatic rings. The Morgan fingerprint density at radius 1 is 0.583 bits per heavy atom. The molecule has 0 aliphatic heterocycles. The number of nitrogens with one attached hydrogen (secondary N) is 4. The highest BCUT2D eigenvalue weighted by Crippen LogP contribution is 2.30. The molecule has 1 aliphatic carbocycles. The number of carbonyl (C=O) groups excluding carboxylic acids is 4. The average molecular weight is 493 g/mol. The van der Waals surface area contributed by atoms with E-state index in [-0.39, 0.29) is 47.5 Å². The fourth-order valence-electron chi connectivity index (χ4n) is 4.21. The first kappa shape index (κ1) is 26.9. The standard InChI is InChI=1S/C28H36N4O4/c1-17(2)29-25(33)21-9-13-23(14-10-21)31-27(35)19-5-7-20(8-6-19)28(36)32-24-15-11-22(12-16-24)26(34)30-18(3)4/h9-20H,5-8H2,1-4H3,(H,29,33)(H,30,34)(H,31,35)(H,32,36). The van der Waals surface area contributed by atoms with Gasteiger partial charge in [-0.15, -0.1) is 0 Å². The summed E-state index contributed by atoms with van der Waals surface area (Å²) in [7, 11) is 0. The zero-order chi connectivity index (χ0) is 26.2. The van der Waals surface area contributed by atoms with Gasteiger partial charge < -0.3 is 21.3 Å². The van der Waals surface area contributed by atoms with Crippen molar-refractivity contribution in [1.82, 2.24) is 10.6 Å². The van der Waals surface area contributed by atoms with Crippen molar-refractivity contribution in [2.24, 2.45) is 11.8 Å². The van der Waals surface area contributed by atoms with Gasteiger partial charge in [0, 0.05) is 46.4 Å². The topological polar surface area (TPSA) is 116 Å². The molecule has 2 aromatic carbocycles. The Morgan fingerprint density at radius 3 is 1.17 bits per heavy atom. The quantitative estimate of drug-likeness (QED) is 0.438. The number of anilines is 2. The molecule has 1 saturated carbocycles. The molecule has 0 aromatic heterocycles. The van der Waals surface area contributed by atoms with E-state index in [1.165, 1.54) is 0 Å². The number of amides is 4. The predicted molar refractivity (Wildman–Crippen MR) is 141 cm³/mol. The van der Waals surface area contributed by atoms with Crippen LogP contribution >= 0.6 is 0 Å². The van der Waals surface area contributed by atoms with E-state index in [2.05, 4.69) is 21.3 Å². The summed E-state index contributed by atoms with van der Waals surface area (Å²) >= 11 is 0. The molecule has 0 atom stereocenters. The van der Waals surface area contributed by atoms with Crippen LogP contribution in [0.25, 0.3) is 0 Å². The molecule has 3 rings (SSSR count). The molecule has 0 bridgehead atoms. The average Bonchev–Trinajstić information content (AvgIpc) is 2.84. The summed E-state index contributed by atoms with van der Waals surface area (Å²) in [5.74, 6) is -0.737. The van der Waals surface area contributed by atoms with Crippen molar-refractivity contribution in [2.45, 2.75) is 65.5 Å². The number of hydrogen-bond acceptors (Lipinski definition) is 4. The van der Waals surface area contributed by atoms with E-state index in [1.807, 2.05) is 27.7 Å². The second-order valence-electron chi connectivity index (χ2n) is 9.94. The lowest BCUT2D eigenvalue weighted by Crippen LogP contribution is -2.32. The molecular formula is C28H36N4O4. The highest BCUT2D eigenvalue weighted by atomic mass is 16.2. The monoisotopic (exact) mass is 492 g/mol. The normalized spacial score (nSPS) is 17.4. The smallest absolute Gasteiger partial charge is 0.251 e. The van der Waals surface area contributed by atoms with E-state index in [0.29, 0.717) is 48.2 Å². The molecule has 192 valence electrons. The van der Waals surface area contributed by atoms with Crippen LogP contribution in [0, 0.1) is 11.8 Å². The Balaban J connectivity index is 1.45. The maximum absolute atomic E-state index is 12.7. The van der Waals surface area contributed by atoms with Crippen molar-refractivity contribution >= 4 is 35.0 Å². The molecule has 0 spiro atoms. The van der Waals surface area contributed by atoms with Gasteiger partial charge in [0.1, 0.15) is 0 Å². The van der Waals surface area contributed by atoms with Gasteiger partial charge in [0.25, 0.3) is 11.8 Å². The van der Waals surface area contributed by atoms with Crippen LogP contribution in [-0.4, -0.2) is 35.7 Å². The molecule has 1 fully saturated rings. The van der Waals surface area contributed by atoms with Crippen LogP contribution in [0.4, 0.5) is 11.4 Å². The predicted octanol–water partition coefficient (Wildman–Crippen LogP) is 4.35. The second kappa shape index (κ2) is 12.3. The van der Waals surface area contributed by atoms with Crippen molar-refractivity contribution in [1.29, 1.82) is 0 Å². The second-order valence-corrected chi connectivity index (χ2v) is 9.94. The van der Waals surface area contributed by atoms with Gasteiger partial charge in [0.2, 0.25) is 11.8 Å². The first-order valence-electron chi connectivity index (χ1n) is 12.6. The summed E-state index contributed by atoms with van der Waals surface area (Å²) in [5, 5.41) is 11.5. The minimum atomic E-state index is -0.156. The highest BCUT2D eigenvalue weighted by molar-refractivity contribution is 5.97. The highest BCUT2D eigenvalue weighted by Gasteiger charge is 2.30. The van der Waals surface area contributed by atoms with Crippen molar-refractivity contribution in [3.05, 3.63) is 59.7 Å². The SMILES string of the molecule is CC(C)NC(=O)c1ccc(NC(=O)C2CCC(C(=O)Nc3ccc(C(=O)NC(C)C)cc3)CC2)cc1. The lowest BCUT2D eigenvalue weighted by Gasteiger charge is -2.27. The third-order valence-electron chi connectivity index (χ3n) is 6.14. The maximum Gasteiger partial charge on any atom is 0.251 e. The van der Waals surface area contributed by atoms with Gasteiger partial charge in [-0.2, -0.15) is 0 Å². The molecule has 0 unspecified atom stereocenters. The zero-order valence-electron chi connectivity index (χ0n) is 21.4. The fourth-order valence-corrected chi connectivity index (χ4v) is 4.21. The minimum absolute atomic E-state index is 0.0532. The summed E-state index contributed by atoms with van der Waals surface area (Å²) in [6, 6.07) is 13.8. The van der Waals surface area contributed by atoms with Crippen LogP contribution in [0.15, 0.2) is 48.5 Å². The van der Waals surface area contributed by atoms with Gasteiger partial charge in [0.05, 0.1) is 0 Å². The fraction of sp³-hybridized carbons (Fsp3) is 0.429. The first-order chi connectivity index (χ1) is 17.1. The van der Waals surface area contributed by atoms with Gasteiger partial charge in [-0.1, -0.05) is 0 Å². The summed E-state index contributed by atoms with van der Waals surface area (Å²) in [6.07, 6.45) is 2.53. The Bertz CT molecular complexity index is 982. The summed E-state index contributed by atoms with van der Waals surface area (Å²) in [4.78, 5) is 49.6. The lowest BCUT2D eigenvalue weighted by atomic mass is 9.81. The molecular weight excluding hydrogens is 456 g/mol. The molecule has 8 nitrogen and oxygen atoms in total. The van der Waals surface area contributed by atoms with Crippen LogP contribution in [0.3, 0.4) is 0 Å². The minimum Gasteiger partial charge on any atom is -0.350 e. The number of rotatable bonds is 8. The molecule has 0 radical (unpaired) electrons. The van der Waals surface area contributed by atoms with Gasteiger partial charge in [-0.25, -0.2) is 0 Å². The van der Waals surface area contributed by atoms with E-state index >= 15 is 0 Å². The molecule has 4 N–H and O–H groups in total. The van der Waals surface area contributed by atoms with Gasteiger partial charge in [-0.05, 0) is 102 Å². The van der Waals surface area contributed by atoms with Crippen molar-refractivity contribution < 1.29 is 19.2 Å². The number of hydrogen-bond donors (Lipinski definition) is 4. The van der Waals surface area contributed by atoms with Crippen LogP contribution in [-0.2, 0) is 9.59 Å². The Kier molecular flexibility index (Phi) is 9.22. The molecule has 0 heterocycles. The van der Waals surface area contributed by atoms with Crippen molar-refractivity contribution in [2.75, 3.05) is 10.6 Å².